The molecule has 1 aliphatic rings. The van der Waals surface area contributed by atoms with Gasteiger partial charge in [-0.15, -0.1) is 0 Å². The number of carbonyl (C=O) groups excluding carboxylic acids is 3. The van der Waals surface area contributed by atoms with Crippen LogP contribution < -0.4 is 10.6 Å². The first-order valence-electron chi connectivity index (χ1n) is 15.5. The highest BCUT2D eigenvalue weighted by molar-refractivity contribution is 6.36. The highest BCUT2D eigenvalue weighted by Crippen LogP contribution is 2.37. The SMILES string of the molecule is COC(=O)[C@@H]1CCCCN1Cc1ccc(C(=O)Nc2cccc(-c3cccc(NC(=O)c4ccc(C(OC)OC)cn4)c3C)c2Cl)nc1. The van der Waals surface area contributed by atoms with E-state index < -0.39 is 12.2 Å². The summed E-state index contributed by atoms with van der Waals surface area (Å²) in [5, 5.41) is 6.15. The van der Waals surface area contributed by atoms with Gasteiger partial charge in [0.05, 0.1) is 17.8 Å². The number of amides is 2. The van der Waals surface area contributed by atoms with Crippen LogP contribution in [-0.2, 0) is 25.5 Å². The number of ether oxygens (including phenoxy) is 3. The van der Waals surface area contributed by atoms with Crippen LogP contribution in [-0.4, -0.2) is 66.6 Å². The summed E-state index contributed by atoms with van der Waals surface area (Å²) in [5.41, 5.74) is 5.30. The Kier molecular flexibility index (Phi) is 11.5. The highest BCUT2D eigenvalue weighted by Gasteiger charge is 2.29. The normalized spacial score (nSPS) is 14.8. The number of anilines is 2. The Bertz CT molecular complexity index is 1760. The van der Waals surface area contributed by atoms with Crippen molar-refractivity contribution < 1.29 is 28.6 Å². The molecular weight excluding hydrogens is 634 g/mol. The first-order chi connectivity index (χ1) is 23.2. The van der Waals surface area contributed by atoms with Crippen LogP contribution in [0, 0.1) is 6.92 Å². The number of hydrogen-bond acceptors (Lipinski definition) is 9. The maximum absolute atomic E-state index is 13.2. The zero-order chi connectivity index (χ0) is 34.2. The minimum atomic E-state index is -0.575. The quantitative estimate of drug-likeness (QED) is 0.137. The van der Waals surface area contributed by atoms with Gasteiger partial charge in [-0.25, -0.2) is 0 Å². The number of aromatic nitrogens is 2. The summed E-state index contributed by atoms with van der Waals surface area (Å²) in [5.74, 6) is -1.02. The predicted octanol–water partition coefficient (Wildman–Crippen LogP) is 6.43. The van der Waals surface area contributed by atoms with Crippen molar-refractivity contribution in [1.29, 1.82) is 0 Å². The minimum absolute atomic E-state index is 0.228. The van der Waals surface area contributed by atoms with Gasteiger partial charge in [-0.1, -0.05) is 54.4 Å². The average Bonchev–Trinajstić information content (AvgIpc) is 3.11. The average molecular weight is 672 g/mol. The molecule has 2 amide bonds. The molecule has 0 saturated carbocycles. The van der Waals surface area contributed by atoms with E-state index in [0.29, 0.717) is 34.1 Å². The van der Waals surface area contributed by atoms with E-state index >= 15 is 0 Å². The lowest BCUT2D eigenvalue weighted by Crippen LogP contribution is -2.44. The summed E-state index contributed by atoms with van der Waals surface area (Å²) in [4.78, 5) is 49.2. The second kappa shape index (κ2) is 15.9. The number of nitrogens with one attached hydrogen (secondary N) is 2. The van der Waals surface area contributed by atoms with Crippen molar-refractivity contribution in [2.45, 2.75) is 45.1 Å². The lowest BCUT2D eigenvalue weighted by molar-refractivity contribution is -0.148. The first kappa shape index (κ1) is 34.6. The maximum Gasteiger partial charge on any atom is 0.323 e. The zero-order valence-electron chi connectivity index (χ0n) is 27.3. The third-order valence-electron chi connectivity index (χ3n) is 8.37. The molecule has 1 aliphatic heterocycles. The molecule has 3 heterocycles. The van der Waals surface area contributed by atoms with E-state index in [1.807, 2.05) is 31.2 Å². The van der Waals surface area contributed by atoms with Crippen molar-refractivity contribution in [3.8, 4) is 11.1 Å². The molecule has 1 atom stereocenters. The molecule has 2 N–H and O–H groups in total. The van der Waals surface area contributed by atoms with Crippen molar-refractivity contribution in [2.75, 3.05) is 38.5 Å². The van der Waals surface area contributed by atoms with E-state index in [0.717, 1.165) is 42.5 Å². The molecule has 48 heavy (non-hydrogen) atoms. The molecule has 2 aromatic heterocycles. The van der Waals surface area contributed by atoms with Crippen LogP contribution in [0.15, 0.2) is 73.1 Å². The monoisotopic (exact) mass is 671 g/mol. The summed E-state index contributed by atoms with van der Waals surface area (Å²) < 4.78 is 15.5. The van der Waals surface area contributed by atoms with E-state index in [1.165, 1.54) is 27.5 Å². The third-order valence-corrected chi connectivity index (χ3v) is 8.78. The van der Waals surface area contributed by atoms with Crippen LogP contribution in [0.1, 0.15) is 63.2 Å². The van der Waals surface area contributed by atoms with Gasteiger partial charge in [-0.05, 0) is 67.3 Å². The number of pyridine rings is 2. The van der Waals surface area contributed by atoms with Gasteiger partial charge in [0.1, 0.15) is 17.4 Å². The Hall–Kier alpha value is -4.68. The van der Waals surface area contributed by atoms with Crippen molar-refractivity contribution in [3.05, 3.63) is 106 Å². The van der Waals surface area contributed by atoms with Crippen LogP contribution in [0.2, 0.25) is 5.02 Å². The van der Waals surface area contributed by atoms with Crippen molar-refractivity contribution in [2.24, 2.45) is 0 Å². The fraction of sp³-hybridized carbons (Fsp3) is 0.306. The first-order valence-corrected chi connectivity index (χ1v) is 15.9. The standard InChI is InChI=1S/C36H38ClN5O6/c1-22-25(9-7-11-27(22)40-33(43)30-17-15-24(20-39-30)36(47-3)48-4)26-10-8-12-28(32(26)37)41-34(44)29-16-14-23(19-38-29)21-42-18-6-5-13-31(42)35(45)46-2/h7-12,14-17,19-20,31,36H,5-6,13,18,21H2,1-4H3,(H,40,43)(H,41,44)/t31-/m0/s1. The van der Waals surface area contributed by atoms with Crippen LogP contribution in [0.25, 0.3) is 11.1 Å². The van der Waals surface area contributed by atoms with Crippen molar-refractivity contribution in [3.63, 3.8) is 0 Å². The fourth-order valence-electron chi connectivity index (χ4n) is 5.79. The number of nitrogens with zero attached hydrogens (tertiary/aromatic N) is 3. The van der Waals surface area contributed by atoms with E-state index in [9.17, 15) is 14.4 Å². The maximum atomic E-state index is 13.2. The van der Waals surface area contributed by atoms with Crippen LogP contribution in [0.5, 0.6) is 0 Å². The lowest BCUT2D eigenvalue weighted by Gasteiger charge is -2.33. The predicted molar refractivity (Wildman–Crippen MR) is 183 cm³/mol. The molecule has 4 aromatic rings. The van der Waals surface area contributed by atoms with E-state index in [2.05, 4.69) is 25.5 Å². The number of esters is 1. The second-order valence-electron chi connectivity index (χ2n) is 11.4. The summed E-state index contributed by atoms with van der Waals surface area (Å²) >= 11 is 6.85. The Morgan fingerprint density at radius 1 is 0.854 bits per heavy atom. The van der Waals surface area contributed by atoms with Crippen molar-refractivity contribution in [1.82, 2.24) is 14.9 Å². The van der Waals surface area contributed by atoms with Gasteiger partial charge in [0.25, 0.3) is 11.8 Å². The molecule has 1 saturated heterocycles. The molecule has 12 heteroatoms. The van der Waals surface area contributed by atoms with Crippen LogP contribution in [0.3, 0.4) is 0 Å². The molecule has 0 spiro atoms. The van der Waals surface area contributed by atoms with E-state index in [-0.39, 0.29) is 29.3 Å². The van der Waals surface area contributed by atoms with Crippen LogP contribution in [0.4, 0.5) is 11.4 Å². The van der Waals surface area contributed by atoms with Gasteiger partial charge >= 0.3 is 5.97 Å². The molecule has 0 radical (unpaired) electrons. The van der Waals surface area contributed by atoms with Gasteiger partial charge in [-0.3, -0.25) is 29.3 Å². The largest absolute Gasteiger partial charge is 0.468 e. The van der Waals surface area contributed by atoms with Crippen LogP contribution >= 0.6 is 11.6 Å². The lowest BCUT2D eigenvalue weighted by atomic mass is 9.98. The molecule has 2 aromatic carbocycles. The molecule has 0 unspecified atom stereocenters. The Labute approximate surface area is 284 Å². The molecular formula is C36H38ClN5O6. The smallest absolute Gasteiger partial charge is 0.323 e. The Balaban J connectivity index is 1.27. The van der Waals surface area contributed by atoms with Gasteiger partial charge in [0.2, 0.25) is 0 Å². The number of rotatable bonds is 11. The summed E-state index contributed by atoms with van der Waals surface area (Å²) in [6, 6.07) is 17.4. The summed E-state index contributed by atoms with van der Waals surface area (Å²) in [6.45, 7) is 3.21. The number of carbonyl (C=O) groups is 3. The number of piperidine rings is 1. The zero-order valence-corrected chi connectivity index (χ0v) is 28.0. The fourth-order valence-corrected chi connectivity index (χ4v) is 6.06. The molecule has 5 rings (SSSR count). The second-order valence-corrected chi connectivity index (χ2v) is 11.8. The summed E-state index contributed by atoms with van der Waals surface area (Å²) in [7, 11) is 4.46. The Morgan fingerprint density at radius 2 is 1.50 bits per heavy atom. The Morgan fingerprint density at radius 3 is 2.12 bits per heavy atom. The number of likely N-dealkylation sites (tertiary alicyclic amines) is 1. The minimum Gasteiger partial charge on any atom is -0.468 e. The molecule has 11 nitrogen and oxygen atoms in total. The highest BCUT2D eigenvalue weighted by atomic mass is 35.5. The number of hydrogen-bond donors (Lipinski definition) is 2. The van der Waals surface area contributed by atoms with Crippen molar-refractivity contribution >= 4 is 40.8 Å². The van der Waals surface area contributed by atoms with E-state index in [4.69, 9.17) is 25.8 Å². The number of halogens is 1. The third kappa shape index (κ3) is 7.88. The molecule has 1 fully saturated rings. The van der Waals surface area contributed by atoms with Gasteiger partial charge in [-0.2, -0.15) is 0 Å². The van der Waals surface area contributed by atoms with Gasteiger partial charge in [0, 0.05) is 50.0 Å². The van der Waals surface area contributed by atoms with E-state index in [1.54, 1.807) is 42.6 Å². The number of benzene rings is 2. The molecule has 0 aliphatic carbocycles. The molecule has 250 valence electrons. The van der Waals surface area contributed by atoms with Gasteiger partial charge < -0.3 is 24.8 Å². The molecule has 0 bridgehead atoms. The number of methoxy groups -OCH3 is 3. The van der Waals surface area contributed by atoms with Gasteiger partial charge in [0.15, 0.2) is 6.29 Å². The topological polar surface area (TPSA) is 132 Å². The summed E-state index contributed by atoms with van der Waals surface area (Å²) in [6.07, 6.45) is 5.37.